The molecule has 1 amide bonds. The van der Waals surface area contributed by atoms with Gasteiger partial charge in [-0.25, -0.2) is 8.42 Å². The van der Waals surface area contributed by atoms with Crippen LogP contribution in [0.5, 0.6) is 0 Å². The SMILES string of the molecule is Cc1ccc(S(=O)(=O)Nc2cc(C(F)(F)F)ccc2Cl)cc1C(=O)N1CCCC1. The van der Waals surface area contributed by atoms with Crippen molar-refractivity contribution in [2.75, 3.05) is 17.8 Å². The molecule has 1 fully saturated rings. The molecule has 1 heterocycles. The number of sulfonamides is 1. The summed E-state index contributed by atoms with van der Waals surface area (Å²) >= 11 is 5.88. The summed E-state index contributed by atoms with van der Waals surface area (Å²) in [6.45, 7) is 2.90. The van der Waals surface area contributed by atoms with Crippen LogP contribution in [0, 0.1) is 6.92 Å². The van der Waals surface area contributed by atoms with Crippen molar-refractivity contribution in [2.24, 2.45) is 0 Å². The molecule has 1 saturated heterocycles. The van der Waals surface area contributed by atoms with E-state index in [0.717, 1.165) is 25.0 Å². The molecule has 29 heavy (non-hydrogen) atoms. The third kappa shape index (κ3) is 4.67. The van der Waals surface area contributed by atoms with Gasteiger partial charge in [0.2, 0.25) is 0 Å². The lowest BCUT2D eigenvalue weighted by atomic mass is 10.1. The number of aryl methyl sites for hydroxylation is 1. The van der Waals surface area contributed by atoms with Crippen molar-refractivity contribution < 1.29 is 26.4 Å². The fourth-order valence-electron chi connectivity index (χ4n) is 3.07. The van der Waals surface area contributed by atoms with Crippen molar-refractivity contribution in [2.45, 2.75) is 30.8 Å². The molecule has 0 aromatic heterocycles. The summed E-state index contributed by atoms with van der Waals surface area (Å²) in [4.78, 5) is 14.1. The van der Waals surface area contributed by atoms with Crippen LogP contribution >= 0.6 is 11.6 Å². The number of hydrogen-bond donors (Lipinski definition) is 1. The van der Waals surface area contributed by atoms with E-state index in [4.69, 9.17) is 11.6 Å². The van der Waals surface area contributed by atoms with Crippen molar-refractivity contribution >= 4 is 33.2 Å². The molecule has 0 atom stereocenters. The van der Waals surface area contributed by atoms with Gasteiger partial charge in [-0.1, -0.05) is 17.7 Å². The number of anilines is 1. The van der Waals surface area contributed by atoms with Crippen LogP contribution in [0.25, 0.3) is 0 Å². The van der Waals surface area contributed by atoms with Gasteiger partial charge in [0.05, 0.1) is 21.2 Å². The summed E-state index contributed by atoms with van der Waals surface area (Å²) in [6, 6.07) is 6.38. The van der Waals surface area contributed by atoms with E-state index in [1.54, 1.807) is 11.8 Å². The minimum atomic E-state index is -4.65. The molecule has 3 rings (SSSR count). The maximum absolute atomic E-state index is 12.9. The smallest absolute Gasteiger partial charge is 0.339 e. The highest BCUT2D eigenvalue weighted by Crippen LogP contribution is 2.34. The van der Waals surface area contributed by atoms with Crippen LogP contribution in [0.3, 0.4) is 0 Å². The number of halogens is 4. The van der Waals surface area contributed by atoms with E-state index in [1.807, 2.05) is 0 Å². The molecule has 156 valence electrons. The molecule has 0 aliphatic carbocycles. The van der Waals surface area contributed by atoms with Gasteiger partial charge in [0, 0.05) is 18.7 Å². The predicted molar refractivity (Wildman–Crippen MR) is 104 cm³/mol. The lowest BCUT2D eigenvalue weighted by molar-refractivity contribution is -0.137. The molecule has 2 aromatic carbocycles. The average molecular weight is 447 g/mol. The van der Waals surface area contributed by atoms with Crippen molar-refractivity contribution in [3.8, 4) is 0 Å². The maximum atomic E-state index is 12.9. The highest BCUT2D eigenvalue weighted by atomic mass is 35.5. The van der Waals surface area contributed by atoms with Crippen molar-refractivity contribution in [1.29, 1.82) is 0 Å². The number of nitrogens with one attached hydrogen (secondary N) is 1. The first-order valence-electron chi connectivity index (χ1n) is 8.78. The Kier molecular flexibility index (Phi) is 5.82. The van der Waals surface area contributed by atoms with Gasteiger partial charge in [-0.3, -0.25) is 9.52 Å². The Hall–Kier alpha value is -2.26. The summed E-state index contributed by atoms with van der Waals surface area (Å²) in [6.07, 6.45) is -2.87. The normalized spacial score (nSPS) is 14.9. The van der Waals surface area contributed by atoms with E-state index >= 15 is 0 Å². The summed E-state index contributed by atoms with van der Waals surface area (Å²) < 4.78 is 66.4. The van der Waals surface area contributed by atoms with E-state index in [9.17, 15) is 26.4 Å². The van der Waals surface area contributed by atoms with Crippen LogP contribution < -0.4 is 4.72 Å². The zero-order chi connectivity index (χ0) is 21.4. The summed E-state index contributed by atoms with van der Waals surface area (Å²) in [5.74, 6) is -0.269. The molecule has 0 radical (unpaired) electrons. The van der Waals surface area contributed by atoms with Crippen LogP contribution in [-0.4, -0.2) is 32.3 Å². The largest absolute Gasteiger partial charge is 0.416 e. The Labute approximate surface area is 171 Å². The molecule has 0 bridgehead atoms. The number of carbonyl (C=O) groups is 1. The second kappa shape index (κ2) is 7.87. The first-order chi connectivity index (χ1) is 13.5. The molecular formula is C19H18ClF3N2O3S. The van der Waals surface area contributed by atoms with Crippen molar-refractivity contribution in [3.63, 3.8) is 0 Å². The molecule has 5 nitrogen and oxygen atoms in total. The van der Waals surface area contributed by atoms with E-state index in [1.165, 1.54) is 18.2 Å². The molecule has 2 aromatic rings. The van der Waals surface area contributed by atoms with Crippen molar-refractivity contribution in [1.82, 2.24) is 4.90 Å². The topological polar surface area (TPSA) is 66.5 Å². The number of likely N-dealkylation sites (tertiary alicyclic amines) is 1. The summed E-state index contributed by atoms with van der Waals surface area (Å²) in [7, 11) is -4.27. The van der Waals surface area contributed by atoms with Crippen LogP contribution in [0.2, 0.25) is 5.02 Å². The number of benzene rings is 2. The molecule has 1 aliphatic heterocycles. The second-order valence-corrected chi connectivity index (χ2v) is 8.86. The second-order valence-electron chi connectivity index (χ2n) is 6.77. The minimum Gasteiger partial charge on any atom is -0.339 e. The van der Waals surface area contributed by atoms with Gasteiger partial charge in [0.25, 0.3) is 15.9 Å². The molecule has 0 unspecified atom stereocenters. The molecular weight excluding hydrogens is 429 g/mol. The van der Waals surface area contributed by atoms with Gasteiger partial charge >= 0.3 is 6.18 Å². The number of carbonyl (C=O) groups excluding carboxylic acids is 1. The van der Waals surface area contributed by atoms with E-state index in [2.05, 4.69) is 4.72 Å². The Morgan fingerprint density at radius 3 is 2.38 bits per heavy atom. The predicted octanol–water partition coefficient (Wildman–Crippen LogP) is 4.70. The highest BCUT2D eigenvalue weighted by Gasteiger charge is 2.31. The Bertz CT molecular complexity index is 1050. The minimum absolute atomic E-state index is 0.179. The van der Waals surface area contributed by atoms with Crippen LogP contribution in [0.1, 0.15) is 34.3 Å². The first kappa shape index (κ1) is 21.4. The van der Waals surface area contributed by atoms with Crippen LogP contribution in [0.4, 0.5) is 18.9 Å². The number of alkyl halides is 3. The van der Waals surface area contributed by atoms with Crippen LogP contribution in [-0.2, 0) is 16.2 Å². The molecule has 1 aliphatic rings. The quantitative estimate of drug-likeness (QED) is 0.740. The fraction of sp³-hybridized carbons (Fsp3) is 0.316. The van der Waals surface area contributed by atoms with Gasteiger partial charge in [-0.15, -0.1) is 0 Å². The first-order valence-corrected chi connectivity index (χ1v) is 10.6. The monoisotopic (exact) mass is 446 g/mol. The average Bonchev–Trinajstić information content (AvgIpc) is 3.17. The number of rotatable bonds is 4. The lowest BCUT2D eigenvalue weighted by Crippen LogP contribution is -2.28. The summed E-state index contributed by atoms with van der Waals surface area (Å²) in [5.41, 5.74) is -0.578. The molecule has 0 spiro atoms. The fourth-order valence-corrected chi connectivity index (χ4v) is 4.39. The molecule has 0 saturated carbocycles. The third-order valence-electron chi connectivity index (χ3n) is 4.68. The zero-order valence-electron chi connectivity index (χ0n) is 15.4. The molecule has 10 heteroatoms. The Balaban J connectivity index is 1.94. The van der Waals surface area contributed by atoms with E-state index in [0.29, 0.717) is 24.7 Å². The lowest BCUT2D eigenvalue weighted by Gasteiger charge is -2.18. The molecule has 1 N–H and O–H groups in total. The Morgan fingerprint density at radius 1 is 1.10 bits per heavy atom. The number of nitrogens with zero attached hydrogens (tertiary/aromatic N) is 1. The van der Waals surface area contributed by atoms with Gasteiger partial charge in [0.1, 0.15) is 0 Å². The van der Waals surface area contributed by atoms with Crippen molar-refractivity contribution in [3.05, 3.63) is 58.1 Å². The van der Waals surface area contributed by atoms with E-state index in [-0.39, 0.29) is 21.4 Å². The van der Waals surface area contributed by atoms with Gasteiger partial charge in [-0.05, 0) is 55.7 Å². The summed E-state index contributed by atoms with van der Waals surface area (Å²) in [5, 5.41) is -0.179. The van der Waals surface area contributed by atoms with Gasteiger partial charge < -0.3 is 4.90 Å². The maximum Gasteiger partial charge on any atom is 0.416 e. The Morgan fingerprint density at radius 2 is 1.76 bits per heavy atom. The standard InChI is InChI=1S/C19H18ClF3N2O3S/c1-12-4-6-14(11-15(12)18(26)25-8-2-3-9-25)29(27,28)24-17-10-13(19(21,22)23)5-7-16(17)20/h4-7,10-11,24H,2-3,8-9H2,1H3. The van der Waals surface area contributed by atoms with Gasteiger partial charge in [0.15, 0.2) is 0 Å². The van der Waals surface area contributed by atoms with Gasteiger partial charge in [-0.2, -0.15) is 13.2 Å². The third-order valence-corrected chi connectivity index (χ3v) is 6.37. The zero-order valence-corrected chi connectivity index (χ0v) is 17.0. The number of hydrogen-bond acceptors (Lipinski definition) is 3. The van der Waals surface area contributed by atoms with E-state index < -0.39 is 27.5 Å². The number of amides is 1. The highest BCUT2D eigenvalue weighted by molar-refractivity contribution is 7.92. The van der Waals surface area contributed by atoms with Crippen LogP contribution in [0.15, 0.2) is 41.3 Å².